The molecule has 1 aromatic heterocycles. The standard InChI is InChI=1S/C51H72ClN7O5/c1-35(2)33-59-44(39-4-7-42(52)8-5-39)12-21-51(3,50(59)64)31-47(61)57-28-19-40(20-29-57)49(63)58-26-15-37(16-27-58)30-36-13-22-55(23-14-36)34-38-17-24-56(25-18-38)45-10-6-41(32-53-45)43-9-11-46(60)54-48(43)62/h4-8,10,32,35-38,40,43-44H,9,11-31,33-34H2,1-3H3,(H,54,60,62)/t43?,44-,51+/m1/s1. The summed E-state index contributed by atoms with van der Waals surface area (Å²) < 4.78 is 0. The van der Waals surface area contributed by atoms with Crippen molar-refractivity contribution in [2.45, 2.75) is 123 Å². The highest BCUT2D eigenvalue weighted by molar-refractivity contribution is 6.30. The van der Waals surface area contributed by atoms with E-state index in [1.807, 2.05) is 59.3 Å². The van der Waals surface area contributed by atoms with E-state index in [4.69, 9.17) is 16.6 Å². The molecule has 6 aliphatic rings. The summed E-state index contributed by atoms with van der Waals surface area (Å²) in [6.07, 6.45) is 14.2. The van der Waals surface area contributed by atoms with Gasteiger partial charge in [-0.3, -0.25) is 29.3 Å². The molecule has 2 aromatic rings. The Morgan fingerprint density at radius 2 is 1.39 bits per heavy atom. The molecule has 12 nitrogen and oxygen atoms in total. The van der Waals surface area contributed by atoms with Crippen molar-refractivity contribution in [3.05, 3.63) is 58.7 Å². The van der Waals surface area contributed by atoms with Gasteiger partial charge >= 0.3 is 0 Å². The predicted molar refractivity (Wildman–Crippen MR) is 249 cm³/mol. The number of hydrogen-bond donors (Lipinski definition) is 1. The number of hydrogen-bond acceptors (Lipinski definition) is 8. The Morgan fingerprint density at radius 1 is 0.766 bits per heavy atom. The minimum absolute atomic E-state index is 0.0135. The summed E-state index contributed by atoms with van der Waals surface area (Å²) in [5.74, 6) is 3.10. The van der Waals surface area contributed by atoms with Gasteiger partial charge in [0.15, 0.2) is 0 Å². The number of carbonyl (C=O) groups excluding carboxylic acids is 5. The molecule has 1 aromatic carbocycles. The number of piperidine rings is 6. The molecule has 0 bridgehead atoms. The SMILES string of the molecule is CC(C)CN1C(=O)[C@](C)(CC(=O)N2CCC(C(=O)N3CCC(CC4CCN(CC5CCN(c6ccc(C7CCC(=O)NC7=O)cn6)CC5)CC4)CC3)CC2)CC[C@@H]1c1ccc(Cl)cc1. The van der Waals surface area contributed by atoms with E-state index in [-0.39, 0.29) is 53.8 Å². The molecule has 1 unspecified atom stereocenters. The van der Waals surface area contributed by atoms with Gasteiger partial charge in [0.05, 0.1) is 17.4 Å². The maximum Gasteiger partial charge on any atom is 0.234 e. The normalized spacial score (nSPS) is 26.5. The van der Waals surface area contributed by atoms with Crippen LogP contribution in [0.3, 0.4) is 0 Å². The van der Waals surface area contributed by atoms with Crippen LogP contribution in [0.2, 0.25) is 5.02 Å². The van der Waals surface area contributed by atoms with Crippen LogP contribution in [-0.4, -0.2) is 120 Å². The van der Waals surface area contributed by atoms with Gasteiger partial charge < -0.3 is 24.5 Å². The third-order valence-corrected chi connectivity index (χ3v) is 16.1. The summed E-state index contributed by atoms with van der Waals surface area (Å²) in [7, 11) is 0. The van der Waals surface area contributed by atoms with Crippen molar-refractivity contribution >= 4 is 47.0 Å². The minimum atomic E-state index is -0.736. The van der Waals surface area contributed by atoms with Gasteiger partial charge in [0.25, 0.3) is 0 Å². The molecule has 1 N–H and O–H groups in total. The third kappa shape index (κ3) is 11.1. The Bertz CT molecular complexity index is 1950. The molecule has 6 aliphatic heterocycles. The van der Waals surface area contributed by atoms with Gasteiger partial charge in [0.2, 0.25) is 29.5 Å². The summed E-state index contributed by atoms with van der Waals surface area (Å²) in [6.45, 7) is 15.3. The second kappa shape index (κ2) is 20.6. The van der Waals surface area contributed by atoms with Crippen molar-refractivity contribution in [1.29, 1.82) is 0 Å². The molecule has 0 radical (unpaired) electrons. The van der Waals surface area contributed by atoms with E-state index in [2.05, 4.69) is 33.9 Å². The molecule has 7 heterocycles. The molecular weight excluding hydrogens is 826 g/mol. The van der Waals surface area contributed by atoms with Crippen molar-refractivity contribution in [1.82, 2.24) is 29.9 Å². The average Bonchev–Trinajstić information content (AvgIpc) is 3.29. The molecular formula is C51H72ClN7O5. The summed E-state index contributed by atoms with van der Waals surface area (Å²) in [4.78, 5) is 81.3. The lowest BCUT2D eigenvalue weighted by Crippen LogP contribution is -2.52. The first-order valence-corrected chi connectivity index (χ1v) is 25.1. The zero-order chi connectivity index (χ0) is 45.0. The quantitative estimate of drug-likeness (QED) is 0.218. The largest absolute Gasteiger partial charge is 0.357 e. The lowest BCUT2D eigenvalue weighted by Gasteiger charge is -2.46. The molecule has 3 atom stereocenters. The van der Waals surface area contributed by atoms with Gasteiger partial charge in [0.1, 0.15) is 5.82 Å². The first-order valence-electron chi connectivity index (χ1n) is 24.7. The number of rotatable bonds is 12. The van der Waals surface area contributed by atoms with Crippen LogP contribution >= 0.6 is 11.6 Å². The number of pyridine rings is 1. The van der Waals surface area contributed by atoms with E-state index in [9.17, 15) is 24.0 Å². The highest BCUT2D eigenvalue weighted by Crippen LogP contribution is 2.44. The van der Waals surface area contributed by atoms with Crippen molar-refractivity contribution in [3.8, 4) is 0 Å². The Kier molecular flexibility index (Phi) is 15.0. The monoisotopic (exact) mass is 898 g/mol. The van der Waals surface area contributed by atoms with E-state index in [0.29, 0.717) is 74.5 Å². The van der Waals surface area contributed by atoms with Crippen LogP contribution in [0.1, 0.15) is 134 Å². The topological polar surface area (TPSA) is 126 Å². The fraction of sp³-hybridized carbons (Fsp3) is 0.686. The maximum absolute atomic E-state index is 14.1. The van der Waals surface area contributed by atoms with E-state index in [0.717, 1.165) is 81.1 Å². The fourth-order valence-electron chi connectivity index (χ4n) is 11.9. The second-order valence-corrected chi connectivity index (χ2v) is 21.4. The van der Waals surface area contributed by atoms with Gasteiger partial charge in [-0.25, -0.2) is 4.98 Å². The molecule has 0 saturated carbocycles. The van der Waals surface area contributed by atoms with E-state index in [1.54, 1.807) is 0 Å². The number of anilines is 1. The summed E-state index contributed by atoms with van der Waals surface area (Å²) in [5, 5.41) is 3.13. The second-order valence-electron chi connectivity index (χ2n) is 21.0. The van der Waals surface area contributed by atoms with Gasteiger partial charge in [0, 0.05) is 82.3 Å². The van der Waals surface area contributed by atoms with Crippen LogP contribution in [0.25, 0.3) is 0 Å². The molecule has 5 amide bonds. The lowest BCUT2D eigenvalue weighted by molar-refractivity contribution is -0.155. The summed E-state index contributed by atoms with van der Waals surface area (Å²) >= 11 is 6.17. The highest BCUT2D eigenvalue weighted by atomic mass is 35.5. The number of nitrogens with zero attached hydrogens (tertiary/aromatic N) is 6. The smallest absolute Gasteiger partial charge is 0.234 e. The Morgan fingerprint density at radius 3 is 2.02 bits per heavy atom. The molecule has 64 heavy (non-hydrogen) atoms. The molecule has 8 rings (SSSR count). The van der Waals surface area contributed by atoms with Gasteiger partial charge in [-0.1, -0.05) is 50.6 Å². The van der Waals surface area contributed by atoms with Gasteiger partial charge in [-0.2, -0.15) is 0 Å². The summed E-state index contributed by atoms with van der Waals surface area (Å²) in [6, 6.07) is 11.8. The Balaban J connectivity index is 0.707. The first kappa shape index (κ1) is 46.5. The number of halogens is 1. The fourth-order valence-corrected chi connectivity index (χ4v) is 12.0. The van der Waals surface area contributed by atoms with Crippen LogP contribution in [0.4, 0.5) is 5.82 Å². The molecule has 13 heteroatoms. The molecule has 348 valence electrons. The number of nitrogens with one attached hydrogen (secondary N) is 1. The number of aromatic nitrogens is 1. The molecule has 6 fully saturated rings. The molecule has 0 aliphatic carbocycles. The first-order chi connectivity index (χ1) is 30.8. The maximum atomic E-state index is 14.1. The number of likely N-dealkylation sites (tertiary alicyclic amines) is 4. The zero-order valence-electron chi connectivity index (χ0n) is 38.7. The van der Waals surface area contributed by atoms with Crippen LogP contribution in [0.15, 0.2) is 42.6 Å². The number of amides is 5. The van der Waals surface area contributed by atoms with E-state index < -0.39 is 5.41 Å². The highest BCUT2D eigenvalue weighted by Gasteiger charge is 2.46. The van der Waals surface area contributed by atoms with Crippen LogP contribution in [-0.2, 0) is 24.0 Å². The third-order valence-electron chi connectivity index (χ3n) is 15.8. The van der Waals surface area contributed by atoms with Gasteiger partial charge in [-0.15, -0.1) is 0 Å². The van der Waals surface area contributed by atoms with Crippen molar-refractivity contribution in [2.24, 2.45) is 35.0 Å². The van der Waals surface area contributed by atoms with E-state index >= 15 is 0 Å². The average molecular weight is 899 g/mol. The Labute approximate surface area is 386 Å². The van der Waals surface area contributed by atoms with Crippen molar-refractivity contribution in [3.63, 3.8) is 0 Å². The van der Waals surface area contributed by atoms with Crippen LogP contribution in [0, 0.1) is 35.0 Å². The van der Waals surface area contributed by atoms with Gasteiger partial charge in [-0.05, 0) is 143 Å². The van der Waals surface area contributed by atoms with Crippen molar-refractivity contribution < 1.29 is 24.0 Å². The summed E-state index contributed by atoms with van der Waals surface area (Å²) in [5.41, 5.74) is 1.24. The van der Waals surface area contributed by atoms with Crippen LogP contribution in [0.5, 0.6) is 0 Å². The lowest BCUT2D eigenvalue weighted by atomic mass is 9.74. The Hall–Kier alpha value is -4.03. The minimum Gasteiger partial charge on any atom is -0.357 e. The van der Waals surface area contributed by atoms with Crippen molar-refractivity contribution in [2.75, 3.05) is 70.3 Å². The number of benzene rings is 1. The molecule has 6 saturated heterocycles. The molecule has 0 spiro atoms. The van der Waals surface area contributed by atoms with Crippen LogP contribution < -0.4 is 10.2 Å². The number of carbonyl (C=O) groups is 5. The van der Waals surface area contributed by atoms with E-state index in [1.165, 1.54) is 38.9 Å². The predicted octanol–water partition coefficient (Wildman–Crippen LogP) is 7.47. The number of imide groups is 1. The zero-order valence-corrected chi connectivity index (χ0v) is 39.4.